The lowest BCUT2D eigenvalue weighted by Gasteiger charge is -2.24. The molecule has 0 bridgehead atoms. The Morgan fingerprint density at radius 2 is 1.90 bits per heavy atom. The van der Waals surface area contributed by atoms with Gasteiger partial charge in [0.25, 0.3) is 0 Å². The van der Waals surface area contributed by atoms with Gasteiger partial charge in [-0.25, -0.2) is 0 Å². The molecular formula is C16H23NO4. The van der Waals surface area contributed by atoms with Crippen LogP contribution in [0.2, 0.25) is 0 Å². The molecular weight excluding hydrogens is 270 g/mol. The first-order valence-electron chi connectivity index (χ1n) is 6.99. The zero-order chi connectivity index (χ0) is 15.8. The summed E-state index contributed by atoms with van der Waals surface area (Å²) in [7, 11) is 1.53. The first kappa shape index (κ1) is 17.2. The molecule has 0 saturated carbocycles. The fraction of sp³-hybridized carbons (Fsp3) is 0.500. The monoisotopic (exact) mass is 293 g/mol. The number of benzene rings is 1. The highest BCUT2D eigenvalue weighted by Crippen LogP contribution is 2.12. The van der Waals surface area contributed by atoms with Gasteiger partial charge in [-0.1, -0.05) is 36.8 Å². The summed E-state index contributed by atoms with van der Waals surface area (Å²) in [4.78, 5) is 24.6. The van der Waals surface area contributed by atoms with Gasteiger partial charge in [-0.15, -0.1) is 0 Å². The van der Waals surface area contributed by atoms with Crippen LogP contribution in [0, 0.1) is 12.8 Å². The fourth-order valence-electron chi connectivity index (χ4n) is 2.11. The quantitative estimate of drug-likeness (QED) is 0.792. The van der Waals surface area contributed by atoms with E-state index in [4.69, 9.17) is 9.84 Å². The number of carbonyl (C=O) groups is 2. The van der Waals surface area contributed by atoms with E-state index in [0.717, 1.165) is 5.56 Å². The highest BCUT2D eigenvalue weighted by molar-refractivity contribution is 5.83. The number of ether oxygens (including phenoxy) is 1. The van der Waals surface area contributed by atoms with Gasteiger partial charge in [0.2, 0.25) is 5.91 Å². The Labute approximate surface area is 125 Å². The maximum Gasteiger partial charge on any atom is 0.323 e. The molecule has 0 heterocycles. The van der Waals surface area contributed by atoms with E-state index in [2.05, 4.69) is 0 Å². The number of hydrogen-bond acceptors (Lipinski definition) is 3. The molecule has 0 fully saturated rings. The molecule has 1 N–H and O–H groups in total. The summed E-state index contributed by atoms with van der Waals surface area (Å²) in [5.41, 5.74) is 2.24. The molecule has 5 heteroatoms. The normalized spacial score (nSPS) is 12.0. The van der Waals surface area contributed by atoms with Crippen molar-refractivity contribution in [2.45, 2.75) is 20.3 Å². The summed E-state index contributed by atoms with van der Waals surface area (Å²) < 4.78 is 4.93. The van der Waals surface area contributed by atoms with Crippen LogP contribution in [0.25, 0.3) is 0 Å². The summed E-state index contributed by atoms with van der Waals surface area (Å²) >= 11 is 0. The third kappa shape index (κ3) is 5.95. The van der Waals surface area contributed by atoms with Gasteiger partial charge in [0, 0.05) is 19.6 Å². The zero-order valence-electron chi connectivity index (χ0n) is 12.8. The maximum absolute atomic E-state index is 12.4. The van der Waals surface area contributed by atoms with Crippen LogP contribution in [-0.2, 0) is 20.7 Å². The van der Waals surface area contributed by atoms with Crippen LogP contribution in [0.15, 0.2) is 24.3 Å². The number of methoxy groups -OCH3 is 1. The smallest absolute Gasteiger partial charge is 0.323 e. The predicted octanol–water partition coefficient (Wildman–Crippen LogP) is 1.73. The van der Waals surface area contributed by atoms with E-state index in [9.17, 15) is 9.59 Å². The number of nitrogens with zero attached hydrogens (tertiary/aromatic N) is 1. The summed E-state index contributed by atoms with van der Waals surface area (Å²) in [6.07, 6.45) is 0.599. The topological polar surface area (TPSA) is 66.8 Å². The number of aliphatic carboxylic acids is 1. The lowest BCUT2D eigenvalue weighted by Crippen LogP contribution is -2.41. The second kappa shape index (κ2) is 8.42. The third-order valence-electron chi connectivity index (χ3n) is 3.29. The third-order valence-corrected chi connectivity index (χ3v) is 3.29. The van der Waals surface area contributed by atoms with Gasteiger partial charge in [-0.2, -0.15) is 0 Å². The summed E-state index contributed by atoms with van der Waals surface area (Å²) in [6, 6.07) is 8.00. The van der Waals surface area contributed by atoms with E-state index in [1.165, 1.54) is 17.6 Å². The minimum Gasteiger partial charge on any atom is -0.480 e. The maximum atomic E-state index is 12.4. The minimum atomic E-state index is -1.01. The molecule has 0 aromatic heterocycles. The van der Waals surface area contributed by atoms with Crippen LogP contribution in [0.4, 0.5) is 0 Å². The molecule has 116 valence electrons. The van der Waals surface area contributed by atoms with Crippen molar-refractivity contribution in [1.29, 1.82) is 0 Å². The number of carboxylic acid groups (broad SMARTS) is 1. The lowest BCUT2D eigenvalue weighted by atomic mass is 9.99. The van der Waals surface area contributed by atoms with E-state index < -0.39 is 5.97 Å². The van der Waals surface area contributed by atoms with Gasteiger partial charge < -0.3 is 14.7 Å². The van der Waals surface area contributed by atoms with Crippen LogP contribution >= 0.6 is 0 Å². The van der Waals surface area contributed by atoms with Gasteiger partial charge in [0.15, 0.2) is 0 Å². The second-order valence-electron chi connectivity index (χ2n) is 5.24. The summed E-state index contributed by atoms with van der Waals surface area (Å²) in [5.74, 6) is -1.43. The van der Waals surface area contributed by atoms with E-state index in [0.29, 0.717) is 19.6 Å². The Balaban J connectivity index is 2.67. The van der Waals surface area contributed by atoms with Gasteiger partial charge in [-0.05, 0) is 18.9 Å². The molecule has 0 radical (unpaired) electrons. The molecule has 0 aliphatic heterocycles. The standard InChI is InChI=1S/C16H23NO4/c1-12-4-6-14(7-5-12)10-13(2)16(20)17(8-9-21-3)11-15(18)19/h4-7,13H,8-11H2,1-3H3,(H,18,19). The van der Waals surface area contributed by atoms with E-state index >= 15 is 0 Å². The van der Waals surface area contributed by atoms with Gasteiger partial charge in [0.1, 0.15) is 6.54 Å². The summed E-state index contributed by atoms with van der Waals surface area (Å²) in [5, 5.41) is 8.90. The number of aryl methyl sites for hydroxylation is 1. The van der Waals surface area contributed by atoms with Crippen molar-refractivity contribution in [3.8, 4) is 0 Å². The number of rotatable bonds is 8. The molecule has 1 amide bonds. The van der Waals surface area contributed by atoms with Gasteiger partial charge in [-0.3, -0.25) is 9.59 Å². The minimum absolute atomic E-state index is 0.157. The van der Waals surface area contributed by atoms with Crippen LogP contribution in [0.3, 0.4) is 0 Å². The fourth-order valence-corrected chi connectivity index (χ4v) is 2.11. The molecule has 1 atom stereocenters. The Kier molecular flexibility index (Phi) is 6.88. The van der Waals surface area contributed by atoms with Crippen molar-refractivity contribution in [1.82, 2.24) is 4.90 Å². The average molecular weight is 293 g/mol. The number of carbonyl (C=O) groups excluding carboxylic acids is 1. The molecule has 0 aliphatic carbocycles. The van der Waals surface area contributed by atoms with Crippen molar-refractivity contribution in [2.24, 2.45) is 5.92 Å². The molecule has 0 aliphatic rings. The van der Waals surface area contributed by atoms with Gasteiger partial charge >= 0.3 is 5.97 Å². The lowest BCUT2D eigenvalue weighted by molar-refractivity contribution is -0.146. The molecule has 1 aromatic carbocycles. The van der Waals surface area contributed by atoms with E-state index in [-0.39, 0.29) is 18.4 Å². The molecule has 1 aromatic rings. The van der Waals surface area contributed by atoms with Crippen LogP contribution < -0.4 is 0 Å². The van der Waals surface area contributed by atoms with Crippen LogP contribution in [0.5, 0.6) is 0 Å². The number of amides is 1. The van der Waals surface area contributed by atoms with Crippen molar-refractivity contribution >= 4 is 11.9 Å². The first-order chi connectivity index (χ1) is 9.93. The highest BCUT2D eigenvalue weighted by Gasteiger charge is 2.22. The summed E-state index contributed by atoms with van der Waals surface area (Å²) in [6.45, 7) is 4.16. The molecule has 21 heavy (non-hydrogen) atoms. The van der Waals surface area contributed by atoms with Crippen molar-refractivity contribution < 1.29 is 19.4 Å². The Morgan fingerprint density at radius 1 is 1.29 bits per heavy atom. The Morgan fingerprint density at radius 3 is 2.43 bits per heavy atom. The largest absolute Gasteiger partial charge is 0.480 e. The second-order valence-corrected chi connectivity index (χ2v) is 5.24. The highest BCUT2D eigenvalue weighted by atomic mass is 16.5. The zero-order valence-corrected chi connectivity index (χ0v) is 12.8. The van der Waals surface area contributed by atoms with Crippen LogP contribution in [-0.4, -0.2) is 48.7 Å². The van der Waals surface area contributed by atoms with Crippen molar-refractivity contribution in [2.75, 3.05) is 26.8 Å². The molecule has 0 saturated heterocycles. The first-order valence-corrected chi connectivity index (χ1v) is 6.99. The van der Waals surface area contributed by atoms with E-state index in [1.807, 2.05) is 38.1 Å². The molecule has 1 rings (SSSR count). The number of carboxylic acids is 1. The molecule has 1 unspecified atom stereocenters. The SMILES string of the molecule is COCCN(CC(=O)O)C(=O)C(C)Cc1ccc(C)cc1. The van der Waals surface area contributed by atoms with Crippen molar-refractivity contribution in [3.63, 3.8) is 0 Å². The molecule has 5 nitrogen and oxygen atoms in total. The predicted molar refractivity (Wildman–Crippen MR) is 80.1 cm³/mol. The Bertz CT molecular complexity index is 470. The van der Waals surface area contributed by atoms with E-state index in [1.54, 1.807) is 0 Å². The van der Waals surface area contributed by atoms with Gasteiger partial charge in [0.05, 0.1) is 6.61 Å². The van der Waals surface area contributed by atoms with Crippen LogP contribution in [0.1, 0.15) is 18.1 Å². The number of hydrogen-bond donors (Lipinski definition) is 1. The average Bonchev–Trinajstić information content (AvgIpc) is 2.44. The van der Waals surface area contributed by atoms with Crippen molar-refractivity contribution in [3.05, 3.63) is 35.4 Å². The Hall–Kier alpha value is -1.88. The molecule has 0 spiro atoms.